The van der Waals surface area contributed by atoms with Gasteiger partial charge in [-0.25, -0.2) is 5.01 Å². The fourth-order valence-corrected chi connectivity index (χ4v) is 1.68. The van der Waals surface area contributed by atoms with Gasteiger partial charge in [0.25, 0.3) is 0 Å². The van der Waals surface area contributed by atoms with Crippen LogP contribution in [-0.2, 0) is 0 Å². The Morgan fingerprint density at radius 2 is 2.12 bits per heavy atom. The Balaban J connectivity index is 2.94. The Labute approximate surface area is 101 Å². The lowest BCUT2D eigenvalue weighted by molar-refractivity contribution is -0.102. The largest absolute Gasteiger partial charge is 0.432 e. The van der Waals surface area contributed by atoms with Gasteiger partial charge in [0, 0.05) is 20.2 Å². The Bertz CT molecular complexity index is 410. The molecule has 0 radical (unpaired) electrons. The molecule has 0 spiro atoms. The van der Waals surface area contributed by atoms with Gasteiger partial charge in [-0.15, -0.1) is 11.3 Å². The molecule has 0 saturated heterocycles. The number of allylic oxidation sites excluding steroid dienone is 2. The molecule has 7 heteroatoms. The number of nitrogens with one attached hydrogen (secondary N) is 1. The average molecular weight is 264 g/mol. The zero-order valence-corrected chi connectivity index (χ0v) is 10.0. The van der Waals surface area contributed by atoms with Gasteiger partial charge in [-0.3, -0.25) is 4.79 Å². The molecule has 1 N–H and O–H groups in total. The molecule has 94 valence electrons. The molecule has 0 saturated carbocycles. The second kappa shape index (κ2) is 5.33. The van der Waals surface area contributed by atoms with Crippen molar-refractivity contribution in [1.29, 1.82) is 0 Å². The van der Waals surface area contributed by atoms with Crippen LogP contribution < -0.4 is 5.43 Å². The summed E-state index contributed by atoms with van der Waals surface area (Å²) in [5.74, 6) is -0.665. The molecule has 0 amide bonds. The molecule has 3 nitrogen and oxygen atoms in total. The third-order valence-electron chi connectivity index (χ3n) is 1.69. The van der Waals surface area contributed by atoms with Gasteiger partial charge in [0.2, 0.25) is 0 Å². The predicted octanol–water partition coefficient (Wildman–Crippen LogP) is 2.44. The third-order valence-corrected chi connectivity index (χ3v) is 2.57. The Kier molecular flexibility index (Phi) is 4.30. The highest BCUT2D eigenvalue weighted by Gasteiger charge is 2.35. The minimum atomic E-state index is -4.59. The number of thiophene rings is 1. The van der Waals surface area contributed by atoms with Crippen LogP contribution in [0.4, 0.5) is 13.2 Å². The molecule has 0 aliphatic carbocycles. The summed E-state index contributed by atoms with van der Waals surface area (Å²) in [6, 6.07) is 3.09. The smallest absolute Gasteiger partial charge is 0.315 e. The van der Waals surface area contributed by atoms with Gasteiger partial charge >= 0.3 is 6.18 Å². The molecule has 0 bridgehead atoms. The van der Waals surface area contributed by atoms with E-state index in [2.05, 4.69) is 5.43 Å². The highest BCUT2D eigenvalue weighted by molar-refractivity contribution is 7.12. The number of hydrazine groups is 1. The van der Waals surface area contributed by atoms with E-state index in [0.717, 1.165) is 16.3 Å². The molecular weight excluding hydrogens is 253 g/mol. The van der Waals surface area contributed by atoms with E-state index in [1.807, 2.05) is 0 Å². The summed E-state index contributed by atoms with van der Waals surface area (Å²) in [4.78, 5) is 11.8. The fraction of sp³-hybridized carbons (Fsp3) is 0.300. The van der Waals surface area contributed by atoms with E-state index in [9.17, 15) is 18.0 Å². The van der Waals surface area contributed by atoms with Crippen molar-refractivity contribution in [1.82, 2.24) is 10.4 Å². The zero-order chi connectivity index (χ0) is 13.1. The lowest BCUT2D eigenvalue weighted by Crippen LogP contribution is -2.36. The van der Waals surface area contributed by atoms with Gasteiger partial charge in [-0.05, 0) is 11.4 Å². The summed E-state index contributed by atoms with van der Waals surface area (Å²) in [6.45, 7) is 0. The molecule has 0 aliphatic rings. The highest BCUT2D eigenvalue weighted by atomic mass is 32.1. The van der Waals surface area contributed by atoms with E-state index in [1.54, 1.807) is 11.4 Å². The van der Waals surface area contributed by atoms with Crippen LogP contribution in [0, 0.1) is 0 Å². The monoisotopic (exact) mass is 264 g/mol. The molecular formula is C10H11F3N2OS. The van der Waals surface area contributed by atoms with Gasteiger partial charge < -0.3 is 5.43 Å². The summed E-state index contributed by atoms with van der Waals surface area (Å²) in [7, 11) is 2.82. The SMILES string of the molecule is CN(C)N/C(=C\C(=O)c1cccs1)C(F)(F)F. The molecule has 0 aliphatic heterocycles. The van der Waals surface area contributed by atoms with Crippen molar-refractivity contribution in [2.24, 2.45) is 0 Å². The van der Waals surface area contributed by atoms with E-state index in [-0.39, 0.29) is 4.88 Å². The van der Waals surface area contributed by atoms with Crippen molar-refractivity contribution in [2.45, 2.75) is 6.18 Å². The second-order valence-corrected chi connectivity index (χ2v) is 4.35. The van der Waals surface area contributed by atoms with Gasteiger partial charge in [0.15, 0.2) is 5.78 Å². The van der Waals surface area contributed by atoms with Crippen LogP contribution in [0.5, 0.6) is 0 Å². The maximum Gasteiger partial charge on any atom is 0.432 e. The summed E-state index contributed by atoms with van der Waals surface area (Å²) in [6.07, 6.45) is -4.02. The standard InChI is InChI=1S/C10H11F3N2OS/c1-15(2)14-9(10(11,12)13)6-7(16)8-4-3-5-17-8/h3-6,14H,1-2H3/b9-6-. The van der Waals surface area contributed by atoms with Crippen LogP contribution in [0.25, 0.3) is 0 Å². The van der Waals surface area contributed by atoms with E-state index < -0.39 is 17.7 Å². The molecule has 1 aromatic rings. The van der Waals surface area contributed by atoms with Gasteiger partial charge in [-0.2, -0.15) is 13.2 Å². The Morgan fingerprint density at radius 3 is 2.53 bits per heavy atom. The number of hydrogen-bond donors (Lipinski definition) is 1. The van der Waals surface area contributed by atoms with Crippen molar-refractivity contribution in [3.05, 3.63) is 34.2 Å². The molecule has 1 aromatic heterocycles. The van der Waals surface area contributed by atoms with Crippen molar-refractivity contribution in [3.8, 4) is 0 Å². The molecule has 17 heavy (non-hydrogen) atoms. The number of alkyl halides is 3. The second-order valence-electron chi connectivity index (χ2n) is 3.40. The van der Waals surface area contributed by atoms with Crippen LogP contribution in [0.2, 0.25) is 0 Å². The number of carbonyl (C=O) groups excluding carboxylic acids is 1. The number of hydrogen-bond acceptors (Lipinski definition) is 4. The number of nitrogens with zero attached hydrogens (tertiary/aromatic N) is 1. The van der Waals surface area contributed by atoms with Gasteiger partial charge in [0.05, 0.1) is 4.88 Å². The van der Waals surface area contributed by atoms with Crippen LogP contribution in [0.15, 0.2) is 29.3 Å². The maximum absolute atomic E-state index is 12.6. The lowest BCUT2D eigenvalue weighted by Gasteiger charge is -2.18. The number of ketones is 1. The number of halogens is 3. The first kappa shape index (κ1) is 13.7. The molecule has 0 aromatic carbocycles. The van der Waals surface area contributed by atoms with Gasteiger partial charge in [0.1, 0.15) is 5.70 Å². The van der Waals surface area contributed by atoms with Crippen molar-refractivity contribution in [2.75, 3.05) is 14.1 Å². The Hall–Kier alpha value is -1.34. The van der Waals surface area contributed by atoms with Crippen molar-refractivity contribution in [3.63, 3.8) is 0 Å². The minimum Gasteiger partial charge on any atom is -0.315 e. The third kappa shape index (κ3) is 4.20. The van der Waals surface area contributed by atoms with E-state index in [4.69, 9.17) is 0 Å². The molecule has 0 fully saturated rings. The first-order chi connectivity index (χ1) is 7.80. The van der Waals surface area contributed by atoms with Crippen LogP contribution in [0.1, 0.15) is 9.67 Å². The van der Waals surface area contributed by atoms with E-state index in [0.29, 0.717) is 6.08 Å². The van der Waals surface area contributed by atoms with Crippen molar-refractivity contribution < 1.29 is 18.0 Å². The van der Waals surface area contributed by atoms with Crippen LogP contribution in [0.3, 0.4) is 0 Å². The summed E-state index contributed by atoms with van der Waals surface area (Å²) < 4.78 is 37.7. The van der Waals surface area contributed by atoms with Crippen LogP contribution >= 0.6 is 11.3 Å². The van der Waals surface area contributed by atoms with Crippen LogP contribution in [-0.4, -0.2) is 31.1 Å². The normalized spacial score (nSPS) is 12.9. The van der Waals surface area contributed by atoms with Gasteiger partial charge in [-0.1, -0.05) is 6.07 Å². The van der Waals surface area contributed by atoms with Crippen molar-refractivity contribution >= 4 is 17.1 Å². The molecule has 0 unspecified atom stereocenters. The van der Waals surface area contributed by atoms with E-state index >= 15 is 0 Å². The number of rotatable bonds is 4. The summed E-state index contributed by atoms with van der Waals surface area (Å²) in [5, 5.41) is 2.76. The first-order valence-corrected chi connectivity index (χ1v) is 5.49. The average Bonchev–Trinajstić information content (AvgIpc) is 2.66. The first-order valence-electron chi connectivity index (χ1n) is 4.61. The topological polar surface area (TPSA) is 32.3 Å². The molecule has 1 rings (SSSR count). The highest BCUT2D eigenvalue weighted by Crippen LogP contribution is 2.24. The predicted molar refractivity (Wildman–Crippen MR) is 59.6 cm³/mol. The fourth-order valence-electron chi connectivity index (χ4n) is 1.04. The minimum absolute atomic E-state index is 0.271. The lowest BCUT2D eigenvalue weighted by atomic mass is 10.2. The summed E-state index contributed by atoms with van der Waals surface area (Å²) in [5.41, 5.74) is 0.983. The quantitative estimate of drug-likeness (QED) is 0.515. The van der Waals surface area contributed by atoms with E-state index in [1.165, 1.54) is 20.2 Å². The number of carbonyl (C=O) groups is 1. The maximum atomic E-state index is 12.6. The molecule has 0 atom stereocenters. The Morgan fingerprint density at radius 1 is 1.47 bits per heavy atom. The summed E-state index contributed by atoms with van der Waals surface area (Å²) >= 11 is 1.10. The molecule has 1 heterocycles. The zero-order valence-electron chi connectivity index (χ0n) is 9.21.